The summed E-state index contributed by atoms with van der Waals surface area (Å²) in [5, 5.41) is 0.985. The van der Waals surface area contributed by atoms with Crippen LogP contribution in [-0.4, -0.2) is 80.8 Å². The van der Waals surface area contributed by atoms with Crippen LogP contribution in [-0.2, 0) is 12.8 Å². The lowest BCUT2D eigenvalue weighted by atomic mass is 9.86. The van der Waals surface area contributed by atoms with E-state index in [4.69, 9.17) is 37.4 Å². The Morgan fingerprint density at radius 1 is 0.921 bits per heavy atom. The zero-order valence-corrected chi connectivity index (χ0v) is 24.8. The number of amides is 2. The summed E-state index contributed by atoms with van der Waals surface area (Å²) in [5.74, 6) is 1.05. The number of rotatable bonds is 9. The molecule has 2 aromatic rings. The quantitative estimate of drug-likeness (QED) is 0.348. The maximum absolute atomic E-state index is 12.4. The van der Waals surface area contributed by atoms with Gasteiger partial charge in [0, 0.05) is 46.3 Å². The minimum Gasteiger partial charge on any atom is -0.489 e. The van der Waals surface area contributed by atoms with Crippen LogP contribution in [0.15, 0.2) is 30.3 Å². The molecule has 1 unspecified atom stereocenters. The van der Waals surface area contributed by atoms with E-state index in [-0.39, 0.29) is 24.2 Å². The van der Waals surface area contributed by atoms with Gasteiger partial charge in [-0.15, -0.1) is 12.4 Å². The molecule has 0 saturated carbocycles. The SMILES string of the molecule is CCCN(CCOc1c(Cl)cccc1Cl)C1CCc2c(ccc(OC(=O)N(C)C)c2OC(=O)N(C)C)C1.Cl. The van der Waals surface area contributed by atoms with Crippen LogP contribution >= 0.6 is 35.6 Å². The summed E-state index contributed by atoms with van der Waals surface area (Å²) in [6, 6.07) is 9.25. The van der Waals surface area contributed by atoms with Gasteiger partial charge < -0.3 is 24.0 Å². The molecule has 0 aromatic heterocycles. The Labute approximate surface area is 241 Å². The van der Waals surface area contributed by atoms with Crippen LogP contribution in [0, 0.1) is 0 Å². The molecule has 0 radical (unpaired) electrons. The zero-order chi connectivity index (χ0) is 27.1. The first-order valence-corrected chi connectivity index (χ1v) is 13.1. The summed E-state index contributed by atoms with van der Waals surface area (Å²) in [7, 11) is 6.42. The second-order valence-corrected chi connectivity index (χ2v) is 10.2. The number of halogens is 3. The van der Waals surface area contributed by atoms with Crippen molar-refractivity contribution in [1.29, 1.82) is 0 Å². The molecule has 0 bridgehead atoms. The Bertz CT molecular complexity index is 1090. The Balaban J connectivity index is 0.00000507. The molecule has 0 aliphatic heterocycles. The van der Waals surface area contributed by atoms with Crippen LogP contribution in [0.4, 0.5) is 9.59 Å². The lowest BCUT2D eigenvalue weighted by Crippen LogP contribution is -2.42. The van der Waals surface area contributed by atoms with E-state index >= 15 is 0 Å². The van der Waals surface area contributed by atoms with Gasteiger partial charge >= 0.3 is 12.2 Å². The first-order valence-electron chi connectivity index (χ1n) is 12.4. The van der Waals surface area contributed by atoms with Gasteiger partial charge in [0.25, 0.3) is 0 Å². The van der Waals surface area contributed by atoms with Gasteiger partial charge in [-0.05, 0) is 56.0 Å². The predicted molar refractivity (Wildman–Crippen MR) is 153 cm³/mol. The number of fused-ring (bicyclic) bond motifs is 1. The van der Waals surface area contributed by atoms with Crippen molar-refractivity contribution in [1.82, 2.24) is 14.7 Å². The normalized spacial score (nSPS) is 14.3. The number of nitrogens with zero attached hydrogens (tertiary/aromatic N) is 3. The molecule has 0 N–H and O–H groups in total. The largest absolute Gasteiger partial charge is 0.489 e. The molecule has 0 spiro atoms. The highest BCUT2D eigenvalue weighted by molar-refractivity contribution is 6.37. The molecule has 2 aromatic carbocycles. The smallest absolute Gasteiger partial charge is 0.414 e. The van der Waals surface area contributed by atoms with Gasteiger partial charge in [-0.25, -0.2) is 9.59 Å². The average molecular weight is 589 g/mol. The van der Waals surface area contributed by atoms with Gasteiger partial charge in [0.1, 0.15) is 6.61 Å². The highest BCUT2D eigenvalue weighted by Gasteiger charge is 2.29. The fourth-order valence-corrected chi connectivity index (χ4v) is 4.80. The van der Waals surface area contributed by atoms with Gasteiger partial charge in [-0.2, -0.15) is 0 Å². The molecule has 210 valence electrons. The summed E-state index contributed by atoms with van der Waals surface area (Å²) >= 11 is 12.5. The molecular weight excluding hydrogens is 553 g/mol. The summed E-state index contributed by atoms with van der Waals surface area (Å²) in [4.78, 5) is 29.7. The number of hydrogen-bond acceptors (Lipinski definition) is 6. The average Bonchev–Trinajstić information content (AvgIpc) is 2.85. The van der Waals surface area contributed by atoms with E-state index in [0.717, 1.165) is 43.5 Å². The van der Waals surface area contributed by atoms with Crippen molar-refractivity contribution >= 4 is 47.8 Å². The highest BCUT2D eigenvalue weighted by atomic mass is 35.5. The van der Waals surface area contributed by atoms with Crippen LogP contribution in [0.5, 0.6) is 17.2 Å². The van der Waals surface area contributed by atoms with E-state index in [9.17, 15) is 9.59 Å². The molecule has 1 aliphatic carbocycles. The fourth-order valence-electron chi connectivity index (χ4n) is 4.30. The Kier molecular flexibility index (Phi) is 12.3. The molecule has 3 rings (SSSR count). The van der Waals surface area contributed by atoms with Gasteiger partial charge in [-0.3, -0.25) is 4.90 Å². The van der Waals surface area contributed by atoms with Gasteiger partial charge in [-0.1, -0.05) is 42.3 Å². The summed E-state index contributed by atoms with van der Waals surface area (Å²) < 4.78 is 17.2. The van der Waals surface area contributed by atoms with Crippen molar-refractivity contribution in [2.75, 3.05) is 47.9 Å². The van der Waals surface area contributed by atoms with E-state index in [0.29, 0.717) is 34.6 Å². The lowest BCUT2D eigenvalue weighted by Gasteiger charge is -2.35. The molecule has 8 nitrogen and oxygen atoms in total. The Morgan fingerprint density at radius 2 is 1.55 bits per heavy atom. The van der Waals surface area contributed by atoms with Crippen LogP contribution in [0.1, 0.15) is 30.9 Å². The van der Waals surface area contributed by atoms with Gasteiger partial charge in [0.2, 0.25) is 0 Å². The number of benzene rings is 2. The molecule has 1 atom stereocenters. The first-order chi connectivity index (χ1) is 17.6. The van der Waals surface area contributed by atoms with Crippen molar-refractivity contribution in [3.8, 4) is 17.2 Å². The van der Waals surface area contributed by atoms with Crippen LogP contribution in [0.3, 0.4) is 0 Å². The van der Waals surface area contributed by atoms with Crippen LogP contribution in [0.2, 0.25) is 10.0 Å². The molecule has 0 heterocycles. The lowest BCUT2D eigenvalue weighted by molar-refractivity contribution is 0.145. The molecular formula is C27H36Cl3N3O5. The minimum atomic E-state index is -0.538. The second-order valence-electron chi connectivity index (χ2n) is 9.39. The topological polar surface area (TPSA) is 71.5 Å². The van der Waals surface area contributed by atoms with E-state index in [1.807, 2.05) is 6.07 Å². The minimum absolute atomic E-state index is 0. The molecule has 1 aliphatic rings. The molecule has 2 amide bonds. The van der Waals surface area contributed by atoms with E-state index in [1.54, 1.807) is 52.5 Å². The van der Waals surface area contributed by atoms with Crippen molar-refractivity contribution < 1.29 is 23.8 Å². The Hall–Kier alpha value is -2.39. The number of para-hydroxylation sites is 1. The van der Waals surface area contributed by atoms with E-state index < -0.39 is 12.2 Å². The van der Waals surface area contributed by atoms with Crippen LogP contribution in [0.25, 0.3) is 0 Å². The molecule has 11 heteroatoms. The zero-order valence-electron chi connectivity index (χ0n) is 22.5. The number of carbonyl (C=O) groups excluding carboxylic acids is 2. The molecule has 38 heavy (non-hydrogen) atoms. The van der Waals surface area contributed by atoms with Gasteiger partial charge in [0.15, 0.2) is 17.2 Å². The summed E-state index contributed by atoms with van der Waals surface area (Å²) in [5.41, 5.74) is 1.96. The second kappa shape index (κ2) is 14.7. The van der Waals surface area contributed by atoms with E-state index in [2.05, 4.69) is 11.8 Å². The van der Waals surface area contributed by atoms with Crippen molar-refractivity contribution in [2.24, 2.45) is 0 Å². The first kappa shape index (κ1) is 31.8. The third kappa shape index (κ3) is 8.06. The third-order valence-corrected chi connectivity index (χ3v) is 6.79. The third-order valence-electron chi connectivity index (χ3n) is 6.19. The summed E-state index contributed by atoms with van der Waals surface area (Å²) in [6.07, 6.45) is 2.25. The Morgan fingerprint density at radius 3 is 2.16 bits per heavy atom. The summed E-state index contributed by atoms with van der Waals surface area (Å²) in [6.45, 7) is 4.24. The van der Waals surface area contributed by atoms with Gasteiger partial charge in [0.05, 0.1) is 10.0 Å². The monoisotopic (exact) mass is 587 g/mol. The number of hydrogen-bond donors (Lipinski definition) is 0. The van der Waals surface area contributed by atoms with E-state index in [1.165, 1.54) is 9.80 Å². The number of ether oxygens (including phenoxy) is 3. The maximum Gasteiger partial charge on any atom is 0.414 e. The standard InChI is InChI=1S/C27H35Cl2N3O5.ClH/c1-6-14-32(15-16-35-25-21(28)8-7-9-22(25)29)19-11-12-20-18(17-19)10-13-23(36-26(33)30(2)3)24(20)37-27(34)31(4)5;/h7-10,13,19H,6,11-12,14-17H2,1-5H3;1H. The van der Waals surface area contributed by atoms with Crippen LogP contribution < -0.4 is 14.2 Å². The van der Waals surface area contributed by atoms with Crippen molar-refractivity contribution in [3.05, 3.63) is 51.5 Å². The maximum atomic E-state index is 12.4. The highest BCUT2D eigenvalue weighted by Crippen LogP contribution is 2.39. The van der Waals surface area contributed by atoms with Crippen molar-refractivity contribution in [2.45, 2.75) is 38.6 Å². The molecule has 0 fully saturated rings. The predicted octanol–water partition coefficient (Wildman–Crippen LogP) is 6.18. The fraction of sp³-hybridized carbons (Fsp3) is 0.481. The van der Waals surface area contributed by atoms with Crippen molar-refractivity contribution in [3.63, 3.8) is 0 Å². The number of carbonyl (C=O) groups is 2. The molecule has 0 saturated heterocycles.